The summed E-state index contributed by atoms with van der Waals surface area (Å²) in [6.07, 6.45) is 0.709. The third-order valence-corrected chi connectivity index (χ3v) is 4.20. The maximum absolute atomic E-state index is 9.86. The van der Waals surface area contributed by atoms with Crippen molar-refractivity contribution in [2.24, 2.45) is 0 Å². The normalized spacial score (nSPS) is 13.9. The lowest BCUT2D eigenvalue weighted by Gasteiger charge is -2.17. The molecule has 0 unspecified atom stereocenters. The summed E-state index contributed by atoms with van der Waals surface area (Å²) in [5, 5.41) is 10.3. The van der Waals surface area contributed by atoms with Crippen LogP contribution in [0.3, 0.4) is 0 Å². The first-order valence-corrected chi connectivity index (χ1v) is 7.47. The van der Waals surface area contributed by atoms with E-state index in [0.717, 1.165) is 11.3 Å². The molecule has 1 aliphatic heterocycles. The van der Waals surface area contributed by atoms with E-state index in [1.807, 2.05) is 0 Å². The number of halogens is 2. The number of rotatable bonds is 2. The zero-order chi connectivity index (χ0) is 15.0. The molecule has 0 amide bonds. The Hall–Kier alpha value is -1.37. The number of phenolic OH excluding ortho intramolecular Hbond substituents is 1. The van der Waals surface area contributed by atoms with Crippen LogP contribution in [0.2, 0.25) is 5.15 Å². The summed E-state index contributed by atoms with van der Waals surface area (Å²) >= 11 is 9.51. The van der Waals surface area contributed by atoms with Crippen molar-refractivity contribution in [1.29, 1.82) is 0 Å². The Morgan fingerprint density at radius 1 is 1.38 bits per heavy atom. The topological polar surface area (TPSA) is 64.5 Å². The van der Waals surface area contributed by atoms with Gasteiger partial charge in [-0.1, -0.05) is 11.6 Å². The SMILES string of the molecule is COc1cc(-c2nc(Cl)c3c(n2)CCOC3)cc(Br)c1O. The molecule has 21 heavy (non-hydrogen) atoms. The second-order valence-electron chi connectivity index (χ2n) is 4.57. The van der Waals surface area contributed by atoms with Crippen molar-refractivity contribution in [3.8, 4) is 22.9 Å². The molecule has 0 saturated carbocycles. The number of hydrogen-bond acceptors (Lipinski definition) is 5. The molecule has 1 aliphatic rings. The predicted molar refractivity (Wildman–Crippen MR) is 81.8 cm³/mol. The number of hydrogen-bond donors (Lipinski definition) is 1. The minimum atomic E-state index is 0.0405. The number of aromatic hydroxyl groups is 1. The molecular formula is C14H12BrClN2O3. The monoisotopic (exact) mass is 370 g/mol. The first kappa shape index (κ1) is 14.6. The van der Waals surface area contributed by atoms with Gasteiger partial charge in [0.25, 0.3) is 0 Å². The first-order chi connectivity index (χ1) is 10.1. The summed E-state index contributed by atoms with van der Waals surface area (Å²) in [5.74, 6) is 0.888. The second-order valence-corrected chi connectivity index (χ2v) is 5.79. The van der Waals surface area contributed by atoms with Gasteiger partial charge in [-0.3, -0.25) is 0 Å². The molecule has 2 aromatic rings. The second kappa shape index (κ2) is 5.79. The van der Waals surface area contributed by atoms with Crippen molar-refractivity contribution >= 4 is 27.5 Å². The fourth-order valence-corrected chi connectivity index (χ4v) is 2.87. The lowest BCUT2D eigenvalue weighted by molar-refractivity contribution is 0.109. The fraction of sp³-hybridized carbons (Fsp3) is 0.286. The van der Waals surface area contributed by atoms with E-state index in [0.29, 0.717) is 46.4 Å². The predicted octanol–water partition coefficient (Wildman–Crippen LogP) is 3.35. The summed E-state index contributed by atoms with van der Waals surface area (Å²) in [7, 11) is 1.49. The Bertz CT molecular complexity index is 709. The standard InChI is InChI=1S/C14H12BrClN2O3/c1-20-11-5-7(4-9(15)12(11)19)14-17-10-2-3-21-6-8(10)13(16)18-14/h4-5,19H,2-3,6H2,1H3. The Morgan fingerprint density at radius 2 is 2.19 bits per heavy atom. The van der Waals surface area contributed by atoms with Gasteiger partial charge in [0.1, 0.15) is 5.15 Å². The van der Waals surface area contributed by atoms with Crippen LogP contribution in [-0.4, -0.2) is 28.8 Å². The third-order valence-electron chi connectivity index (χ3n) is 3.28. The molecule has 0 fully saturated rings. The lowest BCUT2D eigenvalue weighted by Crippen LogP contribution is -2.14. The van der Waals surface area contributed by atoms with Crippen LogP contribution in [0.5, 0.6) is 11.5 Å². The Morgan fingerprint density at radius 3 is 2.95 bits per heavy atom. The maximum Gasteiger partial charge on any atom is 0.172 e. The number of aromatic nitrogens is 2. The van der Waals surface area contributed by atoms with E-state index >= 15 is 0 Å². The zero-order valence-corrected chi connectivity index (χ0v) is 13.5. The number of benzene rings is 1. The minimum absolute atomic E-state index is 0.0405. The van der Waals surface area contributed by atoms with Crippen LogP contribution in [0.4, 0.5) is 0 Å². The van der Waals surface area contributed by atoms with Crippen molar-refractivity contribution in [2.75, 3.05) is 13.7 Å². The number of phenols is 1. The molecule has 2 heterocycles. The Labute approximate surface area is 135 Å². The van der Waals surface area contributed by atoms with Crippen molar-refractivity contribution < 1.29 is 14.6 Å². The van der Waals surface area contributed by atoms with E-state index in [-0.39, 0.29) is 5.75 Å². The van der Waals surface area contributed by atoms with Crippen molar-refractivity contribution in [3.05, 3.63) is 33.0 Å². The number of fused-ring (bicyclic) bond motifs is 1. The van der Waals surface area contributed by atoms with Crippen molar-refractivity contribution in [3.63, 3.8) is 0 Å². The largest absolute Gasteiger partial charge is 0.503 e. The molecule has 3 rings (SSSR count). The fourth-order valence-electron chi connectivity index (χ4n) is 2.18. The summed E-state index contributed by atoms with van der Waals surface area (Å²) < 4.78 is 11.0. The zero-order valence-electron chi connectivity index (χ0n) is 11.2. The van der Waals surface area contributed by atoms with E-state index < -0.39 is 0 Å². The van der Waals surface area contributed by atoms with Gasteiger partial charge in [0.2, 0.25) is 0 Å². The molecule has 0 radical (unpaired) electrons. The molecule has 0 atom stereocenters. The van der Waals surface area contributed by atoms with Crippen LogP contribution >= 0.6 is 27.5 Å². The summed E-state index contributed by atoms with van der Waals surface area (Å²) in [6.45, 7) is 1.07. The molecule has 0 bridgehead atoms. The van der Waals surface area contributed by atoms with E-state index in [1.54, 1.807) is 12.1 Å². The number of nitrogens with zero attached hydrogens (tertiary/aromatic N) is 2. The van der Waals surface area contributed by atoms with Gasteiger partial charge in [-0.05, 0) is 28.1 Å². The van der Waals surface area contributed by atoms with Gasteiger partial charge >= 0.3 is 0 Å². The van der Waals surface area contributed by atoms with Gasteiger partial charge in [-0.15, -0.1) is 0 Å². The molecule has 5 nitrogen and oxygen atoms in total. The average molecular weight is 372 g/mol. The molecule has 1 aromatic heterocycles. The molecule has 7 heteroatoms. The highest BCUT2D eigenvalue weighted by Gasteiger charge is 2.19. The van der Waals surface area contributed by atoms with Crippen LogP contribution < -0.4 is 4.74 Å². The highest BCUT2D eigenvalue weighted by atomic mass is 79.9. The number of ether oxygens (including phenoxy) is 2. The third kappa shape index (κ3) is 2.71. The molecule has 0 aliphatic carbocycles. The summed E-state index contributed by atoms with van der Waals surface area (Å²) in [5.41, 5.74) is 2.46. The molecule has 110 valence electrons. The lowest BCUT2D eigenvalue weighted by atomic mass is 10.1. The molecular weight excluding hydrogens is 360 g/mol. The molecule has 1 aromatic carbocycles. The number of methoxy groups -OCH3 is 1. The van der Waals surface area contributed by atoms with Crippen LogP contribution in [0.25, 0.3) is 11.4 Å². The van der Waals surface area contributed by atoms with E-state index in [1.165, 1.54) is 7.11 Å². The van der Waals surface area contributed by atoms with Gasteiger partial charge < -0.3 is 14.6 Å². The van der Waals surface area contributed by atoms with Crippen LogP contribution in [0.1, 0.15) is 11.3 Å². The maximum atomic E-state index is 9.86. The van der Waals surface area contributed by atoms with E-state index in [4.69, 9.17) is 21.1 Å². The molecule has 0 spiro atoms. The van der Waals surface area contributed by atoms with Gasteiger partial charge in [0.15, 0.2) is 17.3 Å². The smallest absolute Gasteiger partial charge is 0.172 e. The first-order valence-electron chi connectivity index (χ1n) is 6.30. The van der Waals surface area contributed by atoms with Gasteiger partial charge in [-0.2, -0.15) is 0 Å². The van der Waals surface area contributed by atoms with Crippen LogP contribution in [-0.2, 0) is 17.8 Å². The van der Waals surface area contributed by atoms with Crippen molar-refractivity contribution in [1.82, 2.24) is 9.97 Å². The van der Waals surface area contributed by atoms with Crippen molar-refractivity contribution in [2.45, 2.75) is 13.0 Å². The van der Waals surface area contributed by atoms with Crippen LogP contribution in [0, 0.1) is 0 Å². The minimum Gasteiger partial charge on any atom is -0.503 e. The Kier molecular flexibility index (Phi) is 4.01. The van der Waals surface area contributed by atoms with Gasteiger partial charge in [-0.25, -0.2) is 9.97 Å². The Balaban J connectivity index is 2.13. The summed E-state index contributed by atoms with van der Waals surface area (Å²) in [4.78, 5) is 8.88. The highest BCUT2D eigenvalue weighted by molar-refractivity contribution is 9.10. The highest BCUT2D eigenvalue weighted by Crippen LogP contribution is 2.38. The van der Waals surface area contributed by atoms with Gasteiger partial charge in [0, 0.05) is 17.5 Å². The molecule has 1 N–H and O–H groups in total. The van der Waals surface area contributed by atoms with Gasteiger partial charge in [0.05, 0.1) is 30.5 Å². The van der Waals surface area contributed by atoms with Crippen LogP contribution in [0.15, 0.2) is 16.6 Å². The van der Waals surface area contributed by atoms with E-state index in [2.05, 4.69) is 25.9 Å². The molecule has 0 saturated heterocycles. The average Bonchev–Trinajstić information content (AvgIpc) is 2.50. The summed E-state index contributed by atoms with van der Waals surface area (Å²) in [6, 6.07) is 3.41. The quantitative estimate of drug-likeness (QED) is 0.820. The van der Waals surface area contributed by atoms with E-state index in [9.17, 15) is 5.11 Å².